The number of anilines is 3. The number of esters is 1. The van der Waals surface area contributed by atoms with Gasteiger partial charge in [-0.1, -0.05) is 61.5 Å². The van der Waals surface area contributed by atoms with Gasteiger partial charge in [-0.2, -0.15) is 0 Å². The molecule has 0 saturated carbocycles. The molecule has 0 bridgehead atoms. The van der Waals surface area contributed by atoms with Crippen LogP contribution in [0, 0.1) is 0 Å². The van der Waals surface area contributed by atoms with Crippen molar-refractivity contribution >= 4 is 28.9 Å². The Morgan fingerprint density at radius 2 is 1.54 bits per heavy atom. The molecular formula is C29H27N3O3. The van der Waals surface area contributed by atoms with E-state index in [1.165, 1.54) is 0 Å². The highest BCUT2D eigenvalue weighted by Crippen LogP contribution is 2.38. The first-order valence-corrected chi connectivity index (χ1v) is 11.6. The molecule has 4 rings (SSSR count). The molecule has 6 heteroatoms. The van der Waals surface area contributed by atoms with Gasteiger partial charge in [-0.3, -0.25) is 9.59 Å². The number of pyridine rings is 1. The van der Waals surface area contributed by atoms with Crippen molar-refractivity contribution in [3.05, 3.63) is 102 Å². The van der Waals surface area contributed by atoms with Gasteiger partial charge in [0.1, 0.15) is 5.82 Å². The van der Waals surface area contributed by atoms with Gasteiger partial charge in [-0.15, -0.1) is 0 Å². The summed E-state index contributed by atoms with van der Waals surface area (Å²) in [6, 6.07) is 27.6. The first-order valence-electron chi connectivity index (χ1n) is 11.6. The van der Waals surface area contributed by atoms with Gasteiger partial charge in [-0.25, -0.2) is 4.98 Å². The summed E-state index contributed by atoms with van der Waals surface area (Å²) in [4.78, 5) is 30.4. The number of ketones is 1. The maximum atomic E-state index is 13.2. The quantitative estimate of drug-likeness (QED) is 0.167. The molecule has 0 amide bonds. The average Bonchev–Trinajstić information content (AvgIpc) is 2.90. The minimum atomic E-state index is -0.332. The van der Waals surface area contributed by atoms with Crippen molar-refractivity contribution in [3.63, 3.8) is 0 Å². The molecule has 0 aliphatic rings. The van der Waals surface area contributed by atoms with E-state index in [9.17, 15) is 9.59 Å². The van der Waals surface area contributed by atoms with Gasteiger partial charge in [0, 0.05) is 35.8 Å². The number of ether oxygens (including phenoxy) is 1. The molecule has 0 radical (unpaired) electrons. The molecule has 2 N–H and O–H groups in total. The van der Waals surface area contributed by atoms with Crippen molar-refractivity contribution in [1.29, 1.82) is 0 Å². The summed E-state index contributed by atoms with van der Waals surface area (Å²) in [6.07, 6.45) is 0.965. The lowest BCUT2D eigenvalue weighted by Gasteiger charge is -2.18. The first-order chi connectivity index (χ1) is 17.1. The number of hydrogen-bond donors (Lipinski definition) is 2. The largest absolute Gasteiger partial charge is 0.424 e. The van der Waals surface area contributed by atoms with Crippen molar-refractivity contribution in [3.8, 4) is 17.0 Å². The average molecular weight is 466 g/mol. The topological polar surface area (TPSA) is 80.3 Å². The zero-order chi connectivity index (χ0) is 24.6. The van der Waals surface area contributed by atoms with E-state index in [-0.39, 0.29) is 11.8 Å². The van der Waals surface area contributed by atoms with Crippen LogP contribution in [-0.2, 0) is 4.79 Å². The second kappa shape index (κ2) is 11.1. The standard InChI is InChI=1S/C29H27N3O3/c1-3-11-27(33)35-29-22(24-17-10-19-26(30-2)32-24)15-9-18-25(29)31-23-16-8-7-14-21(23)28(34)20-12-5-4-6-13-20/h4-10,12-19,31H,3,11H2,1-2H3,(H,30,32). The van der Waals surface area contributed by atoms with E-state index >= 15 is 0 Å². The number of carbonyl (C=O) groups excluding carboxylic acids is 2. The van der Waals surface area contributed by atoms with Crippen LogP contribution in [0.1, 0.15) is 35.7 Å². The molecule has 3 aromatic carbocycles. The normalized spacial score (nSPS) is 10.5. The summed E-state index contributed by atoms with van der Waals surface area (Å²) in [5.41, 5.74) is 3.63. The van der Waals surface area contributed by atoms with Gasteiger partial charge in [0.25, 0.3) is 0 Å². The Hall–Kier alpha value is -4.45. The molecule has 6 nitrogen and oxygen atoms in total. The summed E-state index contributed by atoms with van der Waals surface area (Å²) in [5, 5.41) is 6.37. The summed E-state index contributed by atoms with van der Waals surface area (Å²) in [5.74, 6) is 0.637. The maximum Gasteiger partial charge on any atom is 0.311 e. The van der Waals surface area contributed by atoms with Crippen LogP contribution in [-0.4, -0.2) is 23.8 Å². The van der Waals surface area contributed by atoms with E-state index in [1.807, 2.05) is 79.7 Å². The minimum Gasteiger partial charge on any atom is -0.424 e. The molecule has 0 aliphatic heterocycles. The number of para-hydroxylation sites is 2. The van der Waals surface area contributed by atoms with E-state index in [2.05, 4.69) is 15.6 Å². The Morgan fingerprint density at radius 1 is 0.829 bits per heavy atom. The van der Waals surface area contributed by atoms with Crippen molar-refractivity contribution in [2.45, 2.75) is 19.8 Å². The van der Waals surface area contributed by atoms with Crippen LogP contribution in [0.15, 0.2) is 91.0 Å². The fourth-order valence-corrected chi connectivity index (χ4v) is 3.72. The fraction of sp³-hybridized carbons (Fsp3) is 0.138. The van der Waals surface area contributed by atoms with Gasteiger partial charge < -0.3 is 15.4 Å². The summed E-state index contributed by atoms with van der Waals surface area (Å²) < 4.78 is 5.86. The molecule has 35 heavy (non-hydrogen) atoms. The number of rotatable bonds is 9. The smallest absolute Gasteiger partial charge is 0.311 e. The highest BCUT2D eigenvalue weighted by Gasteiger charge is 2.19. The van der Waals surface area contributed by atoms with E-state index < -0.39 is 0 Å². The molecule has 0 atom stereocenters. The Bertz CT molecular complexity index is 1340. The van der Waals surface area contributed by atoms with Gasteiger partial charge in [0.2, 0.25) is 0 Å². The Labute approximate surface area is 205 Å². The lowest BCUT2D eigenvalue weighted by atomic mass is 10.0. The van der Waals surface area contributed by atoms with Crippen LogP contribution in [0.3, 0.4) is 0 Å². The zero-order valence-corrected chi connectivity index (χ0v) is 19.7. The molecule has 0 fully saturated rings. The minimum absolute atomic E-state index is 0.0993. The number of hydrogen-bond acceptors (Lipinski definition) is 6. The third kappa shape index (κ3) is 5.55. The predicted octanol–water partition coefficient (Wildman–Crippen LogP) is 6.47. The number of aromatic nitrogens is 1. The van der Waals surface area contributed by atoms with Crippen molar-refractivity contribution in [2.24, 2.45) is 0 Å². The predicted molar refractivity (Wildman–Crippen MR) is 139 cm³/mol. The first kappa shape index (κ1) is 23.7. The SMILES string of the molecule is CCCC(=O)Oc1c(Nc2ccccc2C(=O)c2ccccc2)cccc1-c1cccc(NC)n1. The van der Waals surface area contributed by atoms with Crippen molar-refractivity contribution in [1.82, 2.24) is 4.98 Å². The summed E-state index contributed by atoms with van der Waals surface area (Å²) in [7, 11) is 1.80. The number of carbonyl (C=O) groups is 2. The van der Waals surface area contributed by atoms with E-state index in [1.54, 1.807) is 25.2 Å². The number of nitrogens with zero attached hydrogens (tertiary/aromatic N) is 1. The second-order valence-corrected chi connectivity index (χ2v) is 7.93. The van der Waals surface area contributed by atoms with Gasteiger partial charge in [0.15, 0.2) is 11.5 Å². The third-order valence-corrected chi connectivity index (χ3v) is 5.44. The fourth-order valence-electron chi connectivity index (χ4n) is 3.72. The Morgan fingerprint density at radius 3 is 2.31 bits per heavy atom. The second-order valence-electron chi connectivity index (χ2n) is 7.93. The maximum absolute atomic E-state index is 13.2. The van der Waals surface area contributed by atoms with Gasteiger partial charge >= 0.3 is 5.97 Å². The summed E-state index contributed by atoms with van der Waals surface area (Å²) >= 11 is 0. The molecule has 176 valence electrons. The molecule has 1 aromatic heterocycles. The molecule has 0 aliphatic carbocycles. The highest BCUT2D eigenvalue weighted by atomic mass is 16.5. The molecule has 0 unspecified atom stereocenters. The van der Waals surface area contributed by atoms with Crippen LogP contribution < -0.4 is 15.4 Å². The lowest BCUT2D eigenvalue weighted by molar-refractivity contribution is -0.134. The van der Waals surface area contributed by atoms with Gasteiger partial charge in [0.05, 0.1) is 11.4 Å². The number of benzene rings is 3. The molecule has 0 spiro atoms. The molecule has 0 saturated heterocycles. The summed E-state index contributed by atoms with van der Waals surface area (Å²) in [6.45, 7) is 1.93. The van der Waals surface area contributed by atoms with Gasteiger partial charge in [-0.05, 0) is 42.8 Å². The Balaban J connectivity index is 1.78. The van der Waals surface area contributed by atoms with Crippen LogP contribution in [0.4, 0.5) is 17.2 Å². The number of nitrogens with one attached hydrogen (secondary N) is 2. The van der Waals surface area contributed by atoms with E-state index in [0.29, 0.717) is 58.2 Å². The van der Waals surface area contributed by atoms with E-state index in [4.69, 9.17) is 4.74 Å². The zero-order valence-electron chi connectivity index (χ0n) is 19.7. The van der Waals surface area contributed by atoms with Crippen molar-refractivity contribution < 1.29 is 14.3 Å². The molecule has 4 aromatic rings. The van der Waals surface area contributed by atoms with Crippen LogP contribution in [0.5, 0.6) is 5.75 Å². The third-order valence-electron chi connectivity index (χ3n) is 5.44. The monoisotopic (exact) mass is 465 g/mol. The molecular weight excluding hydrogens is 438 g/mol. The molecule has 1 heterocycles. The van der Waals surface area contributed by atoms with Crippen LogP contribution in [0.2, 0.25) is 0 Å². The van der Waals surface area contributed by atoms with E-state index in [0.717, 1.165) is 0 Å². The highest BCUT2D eigenvalue weighted by molar-refractivity contribution is 6.12. The lowest BCUT2D eigenvalue weighted by Crippen LogP contribution is -2.11. The van der Waals surface area contributed by atoms with Crippen LogP contribution >= 0.6 is 0 Å². The van der Waals surface area contributed by atoms with Crippen molar-refractivity contribution in [2.75, 3.05) is 17.7 Å². The van der Waals surface area contributed by atoms with Crippen LogP contribution in [0.25, 0.3) is 11.3 Å². The Kier molecular flexibility index (Phi) is 7.53.